The molecule has 1 rings (SSSR count). The molecule has 0 aromatic rings. The van der Waals surface area contributed by atoms with Crippen molar-refractivity contribution in [2.45, 2.75) is 143 Å². The van der Waals surface area contributed by atoms with Crippen LogP contribution in [0.25, 0.3) is 0 Å². The van der Waals surface area contributed by atoms with Gasteiger partial charge in [0, 0.05) is 0 Å². The van der Waals surface area contributed by atoms with E-state index in [4.69, 9.17) is 0 Å². The van der Waals surface area contributed by atoms with Crippen LogP contribution in [0.5, 0.6) is 0 Å². The van der Waals surface area contributed by atoms with E-state index >= 15 is 0 Å². The summed E-state index contributed by atoms with van der Waals surface area (Å²) in [6.07, 6.45) is 28.1. The zero-order valence-corrected chi connectivity index (χ0v) is 20.9. The first-order valence-corrected chi connectivity index (χ1v) is 13.8. The molecular weight excluding hydrogens is 348 g/mol. The summed E-state index contributed by atoms with van der Waals surface area (Å²) in [7, 11) is 0. The van der Waals surface area contributed by atoms with Crippen LogP contribution in [0.4, 0.5) is 0 Å². The van der Waals surface area contributed by atoms with Gasteiger partial charge in [0.05, 0.1) is 0 Å². The molecule has 0 amide bonds. The quantitative estimate of drug-likeness (QED) is 0.157. The fraction of sp³-hybridized carbons (Fsp3) is 0.931. The molecule has 0 heterocycles. The van der Waals surface area contributed by atoms with Gasteiger partial charge in [-0.25, -0.2) is 0 Å². The third-order valence-corrected chi connectivity index (χ3v) is 8.18. The molecule has 4 unspecified atom stereocenters. The van der Waals surface area contributed by atoms with E-state index in [9.17, 15) is 0 Å². The summed E-state index contributed by atoms with van der Waals surface area (Å²) in [6, 6.07) is 0. The molecule has 0 nitrogen and oxygen atoms in total. The Bertz CT molecular complexity index is 370. The molecule has 0 bridgehead atoms. The van der Waals surface area contributed by atoms with Gasteiger partial charge in [-0.1, -0.05) is 124 Å². The van der Waals surface area contributed by atoms with Crippen molar-refractivity contribution in [2.24, 2.45) is 29.6 Å². The monoisotopic (exact) mass is 404 g/mol. The third kappa shape index (κ3) is 11.6. The van der Waals surface area contributed by atoms with Gasteiger partial charge in [-0.3, -0.25) is 0 Å². The van der Waals surface area contributed by atoms with E-state index < -0.39 is 0 Å². The van der Waals surface area contributed by atoms with E-state index in [0.717, 1.165) is 29.6 Å². The molecule has 0 N–H and O–H groups in total. The lowest BCUT2D eigenvalue weighted by Gasteiger charge is -2.38. The fourth-order valence-corrected chi connectivity index (χ4v) is 6.04. The highest BCUT2D eigenvalue weighted by atomic mass is 14.4. The minimum absolute atomic E-state index is 0.907. The molecule has 5 atom stereocenters. The van der Waals surface area contributed by atoms with Gasteiger partial charge in [0.15, 0.2) is 0 Å². The standard InChI is InChI=1S/C29H56/c1-6-10-13-19-26(17-8-3)20-16-12-15-18-25(5)28-23-22-27(9-4)29(24-28)21-14-11-7-2/h8,25-29H,3,6-7,9-24H2,1-2,4-5H3/t25?,26?,27-,28?,29?/m0/s1. The summed E-state index contributed by atoms with van der Waals surface area (Å²) in [4.78, 5) is 0. The molecule has 0 aromatic carbocycles. The van der Waals surface area contributed by atoms with Gasteiger partial charge >= 0.3 is 0 Å². The van der Waals surface area contributed by atoms with Crippen molar-refractivity contribution in [3.8, 4) is 0 Å². The van der Waals surface area contributed by atoms with Crippen molar-refractivity contribution in [1.29, 1.82) is 0 Å². The van der Waals surface area contributed by atoms with E-state index in [1.165, 1.54) is 109 Å². The molecule has 1 aliphatic carbocycles. The Hall–Kier alpha value is -0.260. The molecule has 1 saturated carbocycles. The number of hydrogen-bond acceptors (Lipinski definition) is 0. The van der Waals surface area contributed by atoms with Crippen molar-refractivity contribution in [3.63, 3.8) is 0 Å². The molecule has 1 fully saturated rings. The summed E-state index contributed by atoms with van der Waals surface area (Å²) < 4.78 is 0. The minimum atomic E-state index is 0.907. The lowest BCUT2D eigenvalue weighted by Crippen LogP contribution is -2.28. The molecule has 0 radical (unpaired) electrons. The summed E-state index contributed by atoms with van der Waals surface area (Å²) in [5.41, 5.74) is 0. The minimum Gasteiger partial charge on any atom is -0.103 e. The third-order valence-electron chi connectivity index (χ3n) is 8.18. The first kappa shape index (κ1) is 26.8. The van der Waals surface area contributed by atoms with Gasteiger partial charge in [-0.2, -0.15) is 0 Å². The Labute approximate surface area is 185 Å². The van der Waals surface area contributed by atoms with Crippen LogP contribution in [0.1, 0.15) is 143 Å². The van der Waals surface area contributed by atoms with E-state index in [2.05, 4.69) is 40.3 Å². The van der Waals surface area contributed by atoms with Crippen molar-refractivity contribution in [2.75, 3.05) is 0 Å². The summed E-state index contributed by atoms with van der Waals surface area (Å²) in [5.74, 6) is 4.95. The second-order valence-corrected chi connectivity index (χ2v) is 10.5. The zero-order valence-electron chi connectivity index (χ0n) is 20.9. The maximum absolute atomic E-state index is 3.99. The average molecular weight is 405 g/mol. The molecule has 1 aliphatic rings. The predicted octanol–water partition coefficient (Wildman–Crippen LogP) is 10.4. The second kappa shape index (κ2) is 17.4. The van der Waals surface area contributed by atoms with Crippen LogP contribution in [0.15, 0.2) is 12.7 Å². The molecule has 0 saturated heterocycles. The van der Waals surface area contributed by atoms with Crippen LogP contribution in [0, 0.1) is 29.6 Å². The average Bonchev–Trinajstić information content (AvgIpc) is 2.73. The second-order valence-electron chi connectivity index (χ2n) is 10.5. The number of hydrogen-bond donors (Lipinski definition) is 0. The van der Waals surface area contributed by atoms with Gasteiger partial charge in [0.1, 0.15) is 0 Å². The van der Waals surface area contributed by atoms with E-state index in [0.29, 0.717) is 0 Å². The zero-order chi connectivity index (χ0) is 21.3. The lowest BCUT2D eigenvalue weighted by molar-refractivity contribution is 0.124. The molecule has 0 aliphatic heterocycles. The largest absolute Gasteiger partial charge is 0.103 e. The highest BCUT2D eigenvalue weighted by Gasteiger charge is 2.31. The molecule has 0 heteroatoms. The van der Waals surface area contributed by atoms with Crippen molar-refractivity contribution >= 4 is 0 Å². The number of allylic oxidation sites excluding steroid dienone is 1. The molecular formula is C29H56. The Morgan fingerprint density at radius 3 is 2.10 bits per heavy atom. The summed E-state index contributed by atoms with van der Waals surface area (Å²) >= 11 is 0. The molecule has 172 valence electrons. The maximum atomic E-state index is 3.99. The maximum Gasteiger partial charge on any atom is -0.0325 e. The molecule has 0 spiro atoms. The first-order chi connectivity index (χ1) is 14.2. The lowest BCUT2D eigenvalue weighted by atomic mass is 9.67. The van der Waals surface area contributed by atoms with Crippen molar-refractivity contribution in [1.82, 2.24) is 0 Å². The van der Waals surface area contributed by atoms with E-state index in [-0.39, 0.29) is 0 Å². The Morgan fingerprint density at radius 1 is 0.793 bits per heavy atom. The van der Waals surface area contributed by atoms with Crippen LogP contribution in [0.2, 0.25) is 0 Å². The number of rotatable bonds is 18. The molecule has 0 aromatic heterocycles. The van der Waals surface area contributed by atoms with Gasteiger partial charge in [0.25, 0.3) is 0 Å². The van der Waals surface area contributed by atoms with Crippen molar-refractivity contribution in [3.05, 3.63) is 12.7 Å². The smallest absolute Gasteiger partial charge is 0.0325 e. The van der Waals surface area contributed by atoms with Gasteiger partial charge in [-0.05, 0) is 55.3 Å². The predicted molar refractivity (Wildman–Crippen MR) is 133 cm³/mol. The summed E-state index contributed by atoms with van der Waals surface area (Å²) in [5, 5.41) is 0. The van der Waals surface area contributed by atoms with Crippen molar-refractivity contribution < 1.29 is 0 Å². The van der Waals surface area contributed by atoms with Gasteiger partial charge in [0.2, 0.25) is 0 Å². The Kier molecular flexibility index (Phi) is 16.1. The fourth-order valence-electron chi connectivity index (χ4n) is 6.04. The highest BCUT2D eigenvalue weighted by Crippen LogP contribution is 2.42. The van der Waals surface area contributed by atoms with Gasteiger partial charge < -0.3 is 0 Å². The van der Waals surface area contributed by atoms with Gasteiger partial charge in [-0.15, -0.1) is 6.58 Å². The van der Waals surface area contributed by atoms with E-state index in [1.807, 2.05) is 0 Å². The van der Waals surface area contributed by atoms with Crippen LogP contribution in [0.3, 0.4) is 0 Å². The topological polar surface area (TPSA) is 0 Å². The van der Waals surface area contributed by atoms with E-state index in [1.54, 1.807) is 6.42 Å². The first-order valence-electron chi connectivity index (χ1n) is 13.8. The van der Waals surface area contributed by atoms with Crippen LogP contribution in [-0.2, 0) is 0 Å². The molecule has 29 heavy (non-hydrogen) atoms. The Morgan fingerprint density at radius 2 is 1.45 bits per heavy atom. The highest BCUT2D eigenvalue weighted by molar-refractivity contribution is 4.82. The SMILES string of the molecule is C=CCC(CCCCC)CCCCCC(C)C1CC[C@H](CC)C(CCCCC)C1. The van der Waals surface area contributed by atoms with Crippen LogP contribution >= 0.6 is 0 Å². The summed E-state index contributed by atoms with van der Waals surface area (Å²) in [6.45, 7) is 13.6. The van der Waals surface area contributed by atoms with Crippen LogP contribution in [-0.4, -0.2) is 0 Å². The Balaban J connectivity index is 2.25. The van der Waals surface area contributed by atoms with Crippen LogP contribution < -0.4 is 0 Å². The number of unbranched alkanes of at least 4 members (excludes halogenated alkanes) is 6. The normalized spacial score (nSPS) is 24.3.